The largest absolute Gasteiger partial charge is 0.506 e. The monoisotopic (exact) mass is 368 g/mol. The van der Waals surface area contributed by atoms with E-state index in [0.29, 0.717) is 23.0 Å². The third-order valence-electron chi connectivity index (χ3n) is 4.63. The molecule has 0 saturated carbocycles. The van der Waals surface area contributed by atoms with Gasteiger partial charge in [-0.15, -0.1) is 0 Å². The predicted octanol–water partition coefficient (Wildman–Crippen LogP) is 2.50. The van der Waals surface area contributed by atoms with Crippen molar-refractivity contribution >= 4 is 10.9 Å². The molecule has 3 rings (SSSR count). The Kier molecular flexibility index (Phi) is 5.78. The van der Waals surface area contributed by atoms with Crippen LogP contribution in [-0.2, 0) is 6.42 Å². The Morgan fingerprint density at radius 2 is 1.85 bits per heavy atom. The number of aliphatic hydroxyl groups is 1. The molecule has 6 nitrogen and oxygen atoms in total. The molecule has 0 amide bonds. The minimum Gasteiger partial charge on any atom is -0.506 e. The summed E-state index contributed by atoms with van der Waals surface area (Å²) in [7, 11) is 1.64. The van der Waals surface area contributed by atoms with E-state index in [1.807, 2.05) is 24.3 Å². The van der Waals surface area contributed by atoms with Gasteiger partial charge in [0, 0.05) is 24.0 Å². The Hall–Kier alpha value is -2.83. The van der Waals surface area contributed by atoms with Gasteiger partial charge in [0.25, 0.3) is 0 Å². The van der Waals surface area contributed by atoms with Crippen LogP contribution < -0.4 is 15.6 Å². The number of hydrogen-bond donors (Lipinski definition) is 4. The zero-order valence-corrected chi connectivity index (χ0v) is 15.4. The van der Waals surface area contributed by atoms with Crippen LogP contribution in [0.3, 0.4) is 0 Å². The average Bonchev–Trinajstić information content (AvgIpc) is 2.67. The molecule has 3 aromatic rings. The highest BCUT2D eigenvalue weighted by Gasteiger charge is 2.15. The Morgan fingerprint density at radius 3 is 2.56 bits per heavy atom. The fourth-order valence-electron chi connectivity index (χ4n) is 3.16. The highest BCUT2D eigenvalue weighted by atomic mass is 16.5. The van der Waals surface area contributed by atoms with E-state index in [0.717, 1.165) is 12.2 Å². The van der Waals surface area contributed by atoms with Gasteiger partial charge in [-0.1, -0.05) is 18.2 Å². The molecule has 0 spiro atoms. The van der Waals surface area contributed by atoms with Gasteiger partial charge in [0.15, 0.2) is 0 Å². The first-order valence-corrected chi connectivity index (χ1v) is 8.87. The summed E-state index contributed by atoms with van der Waals surface area (Å²) in [5, 5.41) is 24.5. The van der Waals surface area contributed by atoms with Crippen molar-refractivity contribution in [3.05, 3.63) is 70.0 Å². The van der Waals surface area contributed by atoms with E-state index in [1.165, 1.54) is 17.7 Å². The van der Waals surface area contributed by atoms with Gasteiger partial charge >= 0.3 is 0 Å². The fraction of sp³-hybridized carbons (Fsp3) is 0.286. The maximum Gasteiger partial charge on any atom is 0.248 e. The second-order valence-electron chi connectivity index (χ2n) is 6.66. The zero-order chi connectivity index (χ0) is 19.4. The van der Waals surface area contributed by atoms with Crippen molar-refractivity contribution in [2.75, 3.05) is 13.7 Å². The summed E-state index contributed by atoms with van der Waals surface area (Å²) >= 11 is 0. The first-order chi connectivity index (χ1) is 13.0. The number of nitrogens with one attached hydrogen (secondary N) is 2. The third-order valence-corrected chi connectivity index (χ3v) is 4.63. The number of H-pyrrole nitrogens is 1. The molecule has 27 heavy (non-hydrogen) atoms. The molecule has 0 aliphatic carbocycles. The van der Waals surface area contributed by atoms with Crippen molar-refractivity contribution in [3.63, 3.8) is 0 Å². The van der Waals surface area contributed by atoms with Crippen LogP contribution in [0.4, 0.5) is 0 Å². The van der Waals surface area contributed by atoms with Crippen LogP contribution in [0.2, 0.25) is 0 Å². The number of aromatic amines is 1. The Balaban J connectivity index is 1.66. The maximum absolute atomic E-state index is 11.5. The minimum atomic E-state index is -0.766. The number of methoxy groups -OCH3 is 1. The van der Waals surface area contributed by atoms with E-state index in [4.69, 9.17) is 4.74 Å². The van der Waals surface area contributed by atoms with E-state index in [1.54, 1.807) is 19.2 Å². The van der Waals surface area contributed by atoms with Crippen LogP contribution in [0.1, 0.15) is 24.2 Å². The molecule has 4 N–H and O–H groups in total. The van der Waals surface area contributed by atoms with E-state index < -0.39 is 6.10 Å². The van der Waals surface area contributed by atoms with Crippen LogP contribution in [0, 0.1) is 0 Å². The lowest BCUT2D eigenvalue weighted by atomic mass is 10.0. The van der Waals surface area contributed by atoms with E-state index in [-0.39, 0.29) is 17.4 Å². The Labute approximate surface area is 157 Å². The number of ether oxygens (including phenoxy) is 1. The number of pyridine rings is 1. The molecule has 1 aromatic heterocycles. The van der Waals surface area contributed by atoms with Gasteiger partial charge in [-0.3, -0.25) is 4.79 Å². The predicted molar refractivity (Wildman–Crippen MR) is 105 cm³/mol. The second-order valence-corrected chi connectivity index (χ2v) is 6.66. The van der Waals surface area contributed by atoms with Crippen molar-refractivity contribution < 1.29 is 14.9 Å². The number of rotatable bonds is 7. The summed E-state index contributed by atoms with van der Waals surface area (Å²) < 4.78 is 5.16. The van der Waals surface area contributed by atoms with Crippen LogP contribution in [-0.4, -0.2) is 34.9 Å². The van der Waals surface area contributed by atoms with Crippen molar-refractivity contribution in [3.8, 4) is 11.5 Å². The fourth-order valence-corrected chi connectivity index (χ4v) is 3.16. The minimum absolute atomic E-state index is 0.0144. The van der Waals surface area contributed by atoms with Gasteiger partial charge in [0.1, 0.15) is 11.5 Å². The van der Waals surface area contributed by atoms with Crippen LogP contribution in [0.15, 0.2) is 53.3 Å². The van der Waals surface area contributed by atoms with Gasteiger partial charge in [0.2, 0.25) is 5.56 Å². The van der Waals surface area contributed by atoms with Crippen LogP contribution in [0.25, 0.3) is 10.9 Å². The third kappa shape index (κ3) is 4.48. The molecule has 0 radical (unpaired) electrons. The average molecular weight is 368 g/mol. The molecule has 0 fully saturated rings. The summed E-state index contributed by atoms with van der Waals surface area (Å²) in [5.41, 5.74) is 1.88. The summed E-state index contributed by atoms with van der Waals surface area (Å²) in [4.78, 5) is 14.1. The molecular weight excluding hydrogens is 344 g/mol. The topological polar surface area (TPSA) is 94.6 Å². The molecular formula is C21H24N2O4. The number of phenolic OH excluding ortho intramolecular Hbond substituents is 1. The van der Waals surface area contributed by atoms with Crippen molar-refractivity contribution in [1.29, 1.82) is 0 Å². The Morgan fingerprint density at radius 1 is 1.11 bits per heavy atom. The zero-order valence-electron chi connectivity index (χ0n) is 15.4. The van der Waals surface area contributed by atoms with E-state index >= 15 is 0 Å². The highest BCUT2D eigenvalue weighted by molar-refractivity contribution is 5.87. The lowest BCUT2D eigenvalue weighted by Gasteiger charge is -2.19. The summed E-state index contributed by atoms with van der Waals surface area (Å²) in [6.07, 6.45) is 0.0534. The second kappa shape index (κ2) is 8.24. The summed E-state index contributed by atoms with van der Waals surface area (Å²) in [6.45, 7) is 2.42. The highest BCUT2D eigenvalue weighted by Crippen LogP contribution is 2.28. The van der Waals surface area contributed by atoms with Crippen molar-refractivity contribution in [2.24, 2.45) is 0 Å². The standard InChI is InChI=1S/C21H24N2O4/c1-13(11-14-3-5-15(27-2)6-4-14)22-12-19(25)16-7-9-18(24)21-17(16)8-10-20(26)23-21/h3-10,13,19,22,24-25H,11-12H2,1-2H3,(H,23,26)/t13-,19-/m1/s1. The molecule has 1 heterocycles. The number of hydrogen-bond acceptors (Lipinski definition) is 5. The maximum atomic E-state index is 11.5. The van der Waals surface area contributed by atoms with Gasteiger partial charge < -0.3 is 25.3 Å². The SMILES string of the molecule is COc1ccc(C[C@@H](C)NC[C@@H](O)c2ccc(O)c3[nH]c(=O)ccc23)cc1. The number of phenols is 1. The smallest absolute Gasteiger partial charge is 0.248 e. The van der Waals surface area contributed by atoms with Gasteiger partial charge in [-0.05, 0) is 48.7 Å². The molecule has 6 heteroatoms. The number of aliphatic hydroxyl groups excluding tert-OH is 1. The summed E-state index contributed by atoms with van der Waals surface area (Å²) in [6, 6.07) is 14.2. The van der Waals surface area contributed by atoms with Crippen molar-refractivity contribution in [2.45, 2.75) is 25.5 Å². The van der Waals surface area contributed by atoms with E-state index in [9.17, 15) is 15.0 Å². The lowest BCUT2D eigenvalue weighted by molar-refractivity contribution is 0.172. The number of aromatic nitrogens is 1. The molecule has 2 atom stereocenters. The number of aromatic hydroxyl groups is 1. The molecule has 0 unspecified atom stereocenters. The van der Waals surface area contributed by atoms with Gasteiger partial charge in [-0.25, -0.2) is 0 Å². The first-order valence-electron chi connectivity index (χ1n) is 8.87. The van der Waals surface area contributed by atoms with Gasteiger partial charge in [-0.2, -0.15) is 0 Å². The van der Waals surface area contributed by atoms with Crippen molar-refractivity contribution in [1.82, 2.24) is 10.3 Å². The molecule has 142 valence electrons. The summed E-state index contributed by atoms with van der Waals surface area (Å²) in [5.74, 6) is 0.812. The lowest BCUT2D eigenvalue weighted by Crippen LogP contribution is -2.32. The quantitative estimate of drug-likeness (QED) is 0.514. The van der Waals surface area contributed by atoms with Gasteiger partial charge in [0.05, 0.1) is 18.7 Å². The van der Waals surface area contributed by atoms with Crippen LogP contribution in [0.5, 0.6) is 11.5 Å². The van der Waals surface area contributed by atoms with E-state index in [2.05, 4.69) is 17.2 Å². The normalized spacial score (nSPS) is 13.4. The Bertz CT molecular complexity index is 966. The molecule has 0 saturated heterocycles. The van der Waals surface area contributed by atoms with Crippen LogP contribution >= 0.6 is 0 Å². The molecule has 0 bridgehead atoms. The molecule has 2 aromatic carbocycles. The number of benzene rings is 2. The molecule has 0 aliphatic rings. The molecule has 0 aliphatic heterocycles. The first kappa shape index (κ1) is 18.9. The number of fused-ring (bicyclic) bond motifs is 1.